The van der Waals surface area contributed by atoms with Crippen LogP contribution in [0.15, 0.2) is 12.5 Å². The van der Waals surface area contributed by atoms with Crippen molar-refractivity contribution in [1.29, 1.82) is 0 Å². The molecule has 2 fully saturated rings. The van der Waals surface area contributed by atoms with Gasteiger partial charge in [0.2, 0.25) is 0 Å². The Balaban J connectivity index is 1.87. The minimum atomic E-state index is 0.0397. The molecule has 0 N–H and O–H groups in total. The lowest BCUT2D eigenvalue weighted by Gasteiger charge is -2.46. The predicted molar refractivity (Wildman–Crippen MR) is 82.8 cm³/mol. The van der Waals surface area contributed by atoms with Crippen LogP contribution in [0, 0.1) is 0 Å². The summed E-state index contributed by atoms with van der Waals surface area (Å²) in [7, 11) is 2.10. The first-order valence-corrected chi connectivity index (χ1v) is 7.99. The number of carbonyl (C=O) groups is 1. The standard InChI is InChI=1S/C16H24N4O2/c1-11(2)15-12(8-17-10-18-15)16(21)20-6-7-22-14-4-5-19(3)9-13(14)20/h8,10-11,13-14H,4-7,9H2,1-3H3/t13-,14+/m1/s1. The largest absolute Gasteiger partial charge is 0.374 e. The third-order valence-corrected chi connectivity index (χ3v) is 4.57. The highest BCUT2D eigenvalue weighted by molar-refractivity contribution is 5.95. The first kappa shape index (κ1) is 15.4. The number of amides is 1. The van der Waals surface area contributed by atoms with Gasteiger partial charge in [0.25, 0.3) is 5.91 Å². The quantitative estimate of drug-likeness (QED) is 0.820. The van der Waals surface area contributed by atoms with Gasteiger partial charge in [-0.2, -0.15) is 0 Å². The summed E-state index contributed by atoms with van der Waals surface area (Å²) in [6.07, 6.45) is 4.30. The van der Waals surface area contributed by atoms with E-state index in [2.05, 4.69) is 35.8 Å². The topological polar surface area (TPSA) is 58.6 Å². The van der Waals surface area contributed by atoms with E-state index in [1.54, 1.807) is 6.20 Å². The van der Waals surface area contributed by atoms with E-state index in [4.69, 9.17) is 4.74 Å². The number of rotatable bonds is 2. The minimum absolute atomic E-state index is 0.0397. The summed E-state index contributed by atoms with van der Waals surface area (Å²) >= 11 is 0. The van der Waals surface area contributed by atoms with Crippen LogP contribution < -0.4 is 0 Å². The number of ether oxygens (including phenoxy) is 1. The van der Waals surface area contributed by atoms with E-state index in [0.717, 1.165) is 25.2 Å². The second-order valence-corrected chi connectivity index (χ2v) is 6.50. The lowest BCUT2D eigenvalue weighted by molar-refractivity contribution is -0.0870. The summed E-state index contributed by atoms with van der Waals surface area (Å²) in [6, 6.07) is 0.125. The molecule has 0 aliphatic carbocycles. The Labute approximate surface area is 131 Å². The van der Waals surface area contributed by atoms with Gasteiger partial charge in [0, 0.05) is 25.8 Å². The highest BCUT2D eigenvalue weighted by Gasteiger charge is 2.39. The first-order chi connectivity index (χ1) is 10.6. The molecule has 3 heterocycles. The van der Waals surface area contributed by atoms with Crippen molar-refractivity contribution in [3.05, 3.63) is 23.8 Å². The zero-order valence-electron chi connectivity index (χ0n) is 13.5. The van der Waals surface area contributed by atoms with Crippen LogP contribution >= 0.6 is 0 Å². The van der Waals surface area contributed by atoms with Crippen molar-refractivity contribution in [3.8, 4) is 0 Å². The Morgan fingerprint density at radius 3 is 3.00 bits per heavy atom. The number of morpholine rings is 1. The van der Waals surface area contributed by atoms with Gasteiger partial charge in [-0.05, 0) is 19.4 Å². The van der Waals surface area contributed by atoms with E-state index in [1.807, 2.05) is 4.90 Å². The molecule has 1 amide bonds. The predicted octanol–water partition coefficient (Wildman–Crippen LogP) is 1.15. The molecule has 0 aromatic carbocycles. The Morgan fingerprint density at radius 1 is 1.41 bits per heavy atom. The van der Waals surface area contributed by atoms with Gasteiger partial charge in [0.1, 0.15) is 6.33 Å². The van der Waals surface area contributed by atoms with E-state index in [0.29, 0.717) is 18.7 Å². The Hall–Kier alpha value is -1.53. The van der Waals surface area contributed by atoms with Crippen LogP contribution in [0.4, 0.5) is 0 Å². The van der Waals surface area contributed by atoms with E-state index in [-0.39, 0.29) is 24.0 Å². The molecule has 0 unspecified atom stereocenters. The van der Waals surface area contributed by atoms with Crippen LogP contribution in [0.1, 0.15) is 42.2 Å². The number of hydrogen-bond acceptors (Lipinski definition) is 5. The summed E-state index contributed by atoms with van der Waals surface area (Å²) in [4.78, 5) is 25.7. The highest BCUT2D eigenvalue weighted by Crippen LogP contribution is 2.25. The molecule has 0 radical (unpaired) electrons. The van der Waals surface area contributed by atoms with Gasteiger partial charge < -0.3 is 14.5 Å². The molecule has 6 nitrogen and oxygen atoms in total. The SMILES string of the molecule is CC(C)c1ncncc1C(=O)N1CCO[C@H]2CCN(C)C[C@H]21. The number of fused-ring (bicyclic) bond motifs is 1. The van der Waals surface area contributed by atoms with Crippen molar-refractivity contribution in [2.45, 2.75) is 38.3 Å². The average Bonchev–Trinajstić information content (AvgIpc) is 2.53. The maximum Gasteiger partial charge on any atom is 0.257 e. The average molecular weight is 304 g/mol. The van der Waals surface area contributed by atoms with Gasteiger partial charge in [-0.25, -0.2) is 9.97 Å². The van der Waals surface area contributed by atoms with Crippen LogP contribution in [-0.4, -0.2) is 71.1 Å². The van der Waals surface area contributed by atoms with E-state index in [1.165, 1.54) is 6.33 Å². The summed E-state index contributed by atoms with van der Waals surface area (Å²) in [5, 5.41) is 0. The normalized spacial score (nSPS) is 26.1. The lowest BCUT2D eigenvalue weighted by Crippen LogP contribution is -2.60. The smallest absolute Gasteiger partial charge is 0.257 e. The fraction of sp³-hybridized carbons (Fsp3) is 0.688. The maximum atomic E-state index is 13.1. The lowest BCUT2D eigenvalue weighted by atomic mass is 9.97. The molecule has 0 spiro atoms. The Morgan fingerprint density at radius 2 is 2.23 bits per heavy atom. The second kappa shape index (κ2) is 6.30. The Bertz CT molecular complexity index is 549. The van der Waals surface area contributed by atoms with Crippen LogP contribution in [0.5, 0.6) is 0 Å². The molecule has 1 aromatic heterocycles. The van der Waals surface area contributed by atoms with Gasteiger partial charge in [-0.3, -0.25) is 4.79 Å². The number of piperidine rings is 1. The van der Waals surface area contributed by atoms with Crippen LogP contribution in [0.25, 0.3) is 0 Å². The van der Waals surface area contributed by atoms with Gasteiger partial charge in [-0.15, -0.1) is 0 Å². The monoisotopic (exact) mass is 304 g/mol. The minimum Gasteiger partial charge on any atom is -0.374 e. The molecule has 6 heteroatoms. The molecule has 2 atom stereocenters. The maximum absolute atomic E-state index is 13.1. The number of likely N-dealkylation sites (tertiary alicyclic amines) is 1. The fourth-order valence-corrected chi connectivity index (χ4v) is 3.40. The van der Waals surface area contributed by atoms with Crippen molar-refractivity contribution >= 4 is 5.91 Å². The molecule has 0 saturated carbocycles. The number of nitrogens with zero attached hydrogens (tertiary/aromatic N) is 4. The van der Waals surface area contributed by atoms with Crippen LogP contribution in [0.3, 0.4) is 0 Å². The summed E-state index contributed by atoms with van der Waals surface area (Å²) in [6.45, 7) is 7.24. The van der Waals surface area contributed by atoms with Crippen molar-refractivity contribution < 1.29 is 9.53 Å². The van der Waals surface area contributed by atoms with Gasteiger partial charge >= 0.3 is 0 Å². The molecule has 120 valence electrons. The summed E-state index contributed by atoms with van der Waals surface area (Å²) < 4.78 is 5.87. The molecule has 2 saturated heterocycles. The zero-order chi connectivity index (χ0) is 15.7. The van der Waals surface area contributed by atoms with Crippen molar-refractivity contribution in [2.24, 2.45) is 0 Å². The summed E-state index contributed by atoms with van der Waals surface area (Å²) in [5.41, 5.74) is 1.46. The van der Waals surface area contributed by atoms with Crippen molar-refractivity contribution in [1.82, 2.24) is 19.8 Å². The molecular weight excluding hydrogens is 280 g/mol. The molecule has 3 rings (SSSR count). The molecule has 22 heavy (non-hydrogen) atoms. The summed E-state index contributed by atoms with van der Waals surface area (Å²) in [5.74, 6) is 0.241. The van der Waals surface area contributed by atoms with Gasteiger partial charge in [-0.1, -0.05) is 13.8 Å². The zero-order valence-corrected chi connectivity index (χ0v) is 13.5. The third kappa shape index (κ3) is 2.85. The molecule has 2 aliphatic rings. The number of hydrogen-bond donors (Lipinski definition) is 0. The third-order valence-electron chi connectivity index (χ3n) is 4.57. The van der Waals surface area contributed by atoms with Crippen LogP contribution in [-0.2, 0) is 4.74 Å². The van der Waals surface area contributed by atoms with E-state index < -0.39 is 0 Å². The molecular formula is C16H24N4O2. The molecule has 1 aromatic rings. The van der Waals surface area contributed by atoms with Crippen molar-refractivity contribution in [3.63, 3.8) is 0 Å². The molecule has 2 aliphatic heterocycles. The number of carbonyl (C=O) groups excluding carboxylic acids is 1. The van der Waals surface area contributed by atoms with E-state index in [9.17, 15) is 4.79 Å². The number of likely N-dealkylation sites (N-methyl/N-ethyl adjacent to an activating group) is 1. The highest BCUT2D eigenvalue weighted by atomic mass is 16.5. The van der Waals surface area contributed by atoms with E-state index >= 15 is 0 Å². The molecule has 0 bridgehead atoms. The van der Waals surface area contributed by atoms with Gasteiger partial charge in [0.05, 0.1) is 30.0 Å². The fourth-order valence-electron chi connectivity index (χ4n) is 3.40. The number of aromatic nitrogens is 2. The first-order valence-electron chi connectivity index (χ1n) is 7.99. The van der Waals surface area contributed by atoms with Crippen LogP contribution in [0.2, 0.25) is 0 Å². The van der Waals surface area contributed by atoms with Crippen molar-refractivity contribution in [2.75, 3.05) is 33.3 Å². The van der Waals surface area contributed by atoms with Gasteiger partial charge in [0.15, 0.2) is 0 Å². The Kier molecular flexibility index (Phi) is 4.40. The second-order valence-electron chi connectivity index (χ2n) is 6.50.